The molecule has 10 rings (SSSR count). The molecule has 3 aliphatic rings. The van der Waals surface area contributed by atoms with Gasteiger partial charge in [0.05, 0.1) is 11.0 Å². The molecule has 218 valence electrons. The van der Waals surface area contributed by atoms with Crippen LogP contribution in [0.5, 0.6) is 5.75 Å². The first-order chi connectivity index (χ1) is 22.8. The van der Waals surface area contributed by atoms with Crippen LogP contribution < -0.4 is 4.74 Å². The summed E-state index contributed by atoms with van der Waals surface area (Å²) in [5, 5.41) is 7.56. The van der Waals surface area contributed by atoms with Crippen molar-refractivity contribution in [3.63, 3.8) is 0 Å². The fourth-order valence-electron chi connectivity index (χ4n) is 7.94. The fourth-order valence-corrected chi connectivity index (χ4v) is 7.94. The number of benzene rings is 5. The maximum Gasteiger partial charge on any atom is 0.158 e. The first-order valence-electron chi connectivity index (χ1n) is 16.1. The quantitative estimate of drug-likeness (QED) is 0.192. The lowest BCUT2D eigenvalue weighted by Crippen LogP contribution is -2.22. The normalized spacial score (nSPS) is 18.5. The monoisotopic (exact) mass is 591 g/mol. The molecule has 46 heavy (non-hydrogen) atoms. The lowest BCUT2D eigenvalue weighted by atomic mass is 9.84. The summed E-state index contributed by atoms with van der Waals surface area (Å²) in [5.74, 6) is 1.69. The largest absolute Gasteiger partial charge is 0.484 e. The Kier molecular flexibility index (Phi) is 5.49. The number of rotatable bonds is 3. The summed E-state index contributed by atoms with van der Waals surface area (Å²) < 4.78 is 9.29. The average Bonchev–Trinajstić information content (AvgIpc) is 3.69. The van der Waals surface area contributed by atoms with E-state index in [-0.39, 0.29) is 12.0 Å². The lowest BCUT2D eigenvalue weighted by Gasteiger charge is -2.21. The third-order valence-corrected chi connectivity index (χ3v) is 9.90. The molecule has 2 aromatic heterocycles. The van der Waals surface area contributed by atoms with E-state index >= 15 is 0 Å². The first-order valence-corrected chi connectivity index (χ1v) is 16.1. The molecule has 0 saturated carbocycles. The Bertz CT molecular complexity index is 2500. The van der Waals surface area contributed by atoms with Crippen molar-refractivity contribution in [1.29, 1.82) is 0 Å². The van der Waals surface area contributed by atoms with Crippen LogP contribution in [-0.2, 0) is 0 Å². The zero-order valence-electron chi connectivity index (χ0n) is 25.1. The van der Waals surface area contributed by atoms with Gasteiger partial charge in [0.25, 0.3) is 0 Å². The van der Waals surface area contributed by atoms with Gasteiger partial charge in [-0.05, 0) is 70.5 Å². The minimum absolute atomic E-state index is 0.0409. The molecule has 0 radical (unpaired) electrons. The van der Waals surface area contributed by atoms with Crippen LogP contribution in [0.4, 0.5) is 0 Å². The van der Waals surface area contributed by atoms with E-state index in [2.05, 4.69) is 136 Å². The Balaban J connectivity index is 1.29. The van der Waals surface area contributed by atoms with Crippen LogP contribution in [0.1, 0.15) is 35.7 Å². The van der Waals surface area contributed by atoms with Gasteiger partial charge in [0.15, 0.2) is 5.82 Å². The van der Waals surface area contributed by atoms with Gasteiger partial charge in [0.2, 0.25) is 0 Å². The highest BCUT2D eigenvalue weighted by Gasteiger charge is 2.40. The molecular weight excluding hydrogens is 562 g/mol. The molecule has 1 aliphatic heterocycles. The summed E-state index contributed by atoms with van der Waals surface area (Å²) >= 11 is 0. The highest BCUT2D eigenvalue weighted by atomic mass is 16.5. The summed E-state index contributed by atoms with van der Waals surface area (Å²) in [6, 6.07) is 33.1. The molecule has 0 amide bonds. The number of ether oxygens (including phenoxy) is 1. The van der Waals surface area contributed by atoms with E-state index in [1.807, 2.05) is 6.07 Å². The van der Waals surface area contributed by atoms with Crippen molar-refractivity contribution < 1.29 is 4.74 Å². The van der Waals surface area contributed by atoms with Gasteiger partial charge in [-0.1, -0.05) is 97.1 Å². The molecule has 0 saturated heterocycles. The molecule has 5 aromatic carbocycles. The standard InChI is InChI=1S/C42H29N3O/c1-2-10-26(11-3-1)27-18-20-28(21-19-27)45-35-22-23-36-37(33-16-8-17-34(41(33)46-36)42-43-24-9-25-44-42)39(35)38-31-14-6-4-12-29(31)30-13-5-7-15-32(30)40(38)45/h2,4-25,33,41H,1,3H2. The van der Waals surface area contributed by atoms with Crippen LogP contribution in [0.15, 0.2) is 140 Å². The zero-order chi connectivity index (χ0) is 30.2. The minimum atomic E-state index is -0.186. The topological polar surface area (TPSA) is 39.9 Å². The summed E-state index contributed by atoms with van der Waals surface area (Å²) in [7, 11) is 0. The van der Waals surface area contributed by atoms with Gasteiger partial charge in [-0.25, -0.2) is 9.97 Å². The van der Waals surface area contributed by atoms with E-state index in [0.717, 1.165) is 29.9 Å². The highest BCUT2D eigenvalue weighted by molar-refractivity contribution is 6.33. The van der Waals surface area contributed by atoms with Crippen molar-refractivity contribution in [1.82, 2.24) is 14.5 Å². The molecule has 7 aromatic rings. The van der Waals surface area contributed by atoms with Crippen LogP contribution in [0.2, 0.25) is 0 Å². The van der Waals surface area contributed by atoms with Crippen molar-refractivity contribution >= 4 is 54.5 Å². The van der Waals surface area contributed by atoms with Crippen molar-refractivity contribution in [2.45, 2.75) is 24.9 Å². The van der Waals surface area contributed by atoms with Gasteiger partial charge in [0, 0.05) is 51.3 Å². The fraction of sp³-hybridized carbons (Fsp3) is 0.0952. The molecule has 0 fully saturated rings. The number of hydrogen-bond donors (Lipinski definition) is 0. The van der Waals surface area contributed by atoms with E-state index in [4.69, 9.17) is 4.74 Å². The lowest BCUT2D eigenvalue weighted by molar-refractivity contribution is 0.277. The van der Waals surface area contributed by atoms with Gasteiger partial charge < -0.3 is 9.30 Å². The van der Waals surface area contributed by atoms with Crippen molar-refractivity contribution in [2.24, 2.45) is 0 Å². The van der Waals surface area contributed by atoms with Gasteiger partial charge in [0.1, 0.15) is 11.9 Å². The van der Waals surface area contributed by atoms with Crippen LogP contribution >= 0.6 is 0 Å². The average molecular weight is 592 g/mol. The number of allylic oxidation sites excluding steroid dienone is 6. The molecule has 2 atom stereocenters. The Morgan fingerprint density at radius 2 is 1.48 bits per heavy atom. The van der Waals surface area contributed by atoms with Crippen LogP contribution in [0.25, 0.3) is 60.2 Å². The summed E-state index contributed by atoms with van der Waals surface area (Å²) in [6.45, 7) is 0. The summed E-state index contributed by atoms with van der Waals surface area (Å²) in [6.07, 6.45) is 19.0. The third kappa shape index (κ3) is 3.61. The van der Waals surface area contributed by atoms with Crippen molar-refractivity contribution in [2.75, 3.05) is 0 Å². The van der Waals surface area contributed by atoms with Gasteiger partial charge in [-0.3, -0.25) is 0 Å². The summed E-state index contributed by atoms with van der Waals surface area (Å²) in [5.41, 5.74) is 8.36. The Morgan fingerprint density at radius 3 is 2.26 bits per heavy atom. The predicted octanol–water partition coefficient (Wildman–Crippen LogP) is 10.1. The third-order valence-electron chi connectivity index (χ3n) is 9.90. The minimum Gasteiger partial charge on any atom is -0.484 e. The first kappa shape index (κ1) is 25.6. The smallest absolute Gasteiger partial charge is 0.158 e. The van der Waals surface area contributed by atoms with E-state index in [1.165, 1.54) is 60.1 Å². The Hall–Kier alpha value is -5.74. The van der Waals surface area contributed by atoms with Crippen LogP contribution in [-0.4, -0.2) is 20.6 Å². The van der Waals surface area contributed by atoms with Gasteiger partial charge in [-0.2, -0.15) is 0 Å². The van der Waals surface area contributed by atoms with Crippen molar-refractivity contribution in [3.05, 3.63) is 157 Å². The second-order valence-electron chi connectivity index (χ2n) is 12.4. The van der Waals surface area contributed by atoms with E-state index in [1.54, 1.807) is 12.4 Å². The molecule has 2 aliphatic carbocycles. The van der Waals surface area contributed by atoms with E-state index in [0.29, 0.717) is 5.82 Å². The van der Waals surface area contributed by atoms with Crippen LogP contribution in [0.3, 0.4) is 0 Å². The second kappa shape index (κ2) is 9.88. The zero-order valence-corrected chi connectivity index (χ0v) is 25.1. The summed E-state index contributed by atoms with van der Waals surface area (Å²) in [4.78, 5) is 9.18. The van der Waals surface area contributed by atoms with Gasteiger partial charge in [-0.15, -0.1) is 0 Å². The molecular formula is C42H29N3O. The predicted molar refractivity (Wildman–Crippen MR) is 188 cm³/mol. The number of nitrogens with zero attached hydrogens (tertiary/aromatic N) is 3. The molecule has 3 heterocycles. The van der Waals surface area contributed by atoms with Crippen LogP contribution in [0, 0.1) is 0 Å². The van der Waals surface area contributed by atoms with Gasteiger partial charge >= 0.3 is 0 Å². The molecule has 4 nitrogen and oxygen atoms in total. The van der Waals surface area contributed by atoms with Crippen molar-refractivity contribution in [3.8, 4) is 11.4 Å². The maximum absolute atomic E-state index is 6.81. The highest BCUT2D eigenvalue weighted by Crippen LogP contribution is 2.53. The molecule has 0 N–H and O–H groups in total. The maximum atomic E-state index is 6.81. The second-order valence-corrected chi connectivity index (χ2v) is 12.4. The molecule has 2 unspecified atom stereocenters. The van der Waals surface area contributed by atoms with E-state index < -0.39 is 0 Å². The Labute approximate surface area is 266 Å². The Morgan fingerprint density at radius 1 is 0.717 bits per heavy atom. The number of fused-ring (bicyclic) bond motifs is 12. The number of hydrogen-bond acceptors (Lipinski definition) is 3. The molecule has 0 bridgehead atoms. The number of aromatic nitrogens is 3. The molecule has 0 spiro atoms. The SMILES string of the molecule is C1=CC2c3c(ccc4c3c3c5ccccc5c5ccccc5c3n4-c3ccc(C4=CCCC=C4)cc3)OC2C(c2ncccn2)=C1. The van der Waals surface area contributed by atoms with E-state index in [9.17, 15) is 0 Å². The molecule has 4 heteroatoms.